The molecule has 2 aromatic carbocycles. The highest BCUT2D eigenvalue weighted by Gasteiger charge is 2.21. The van der Waals surface area contributed by atoms with Gasteiger partial charge in [0, 0.05) is 17.8 Å². The van der Waals surface area contributed by atoms with Gasteiger partial charge in [-0.2, -0.15) is 0 Å². The summed E-state index contributed by atoms with van der Waals surface area (Å²) in [6.45, 7) is 0. The van der Waals surface area contributed by atoms with Crippen molar-refractivity contribution in [3.8, 4) is 0 Å². The maximum Gasteiger partial charge on any atom is 0.241 e. The number of nitrogens with zero attached hydrogens (tertiary/aromatic N) is 1. The van der Waals surface area contributed by atoms with Crippen LogP contribution in [0.15, 0.2) is 54.6 Å². The minimum Gasteiger partial charge on any atom is -0.315 e. The van der Waals surface area contributed by atoms with Gasteiger partial charge in [0.05, 0.1) is 5.75 Å². The molecule has 0 bridgehead atoms. The molecule has 116 valence electrons. The number of hydrogen-bond donors (Lipinski definition) is 0. The molecule has 0 aliphatic rings. The first kappa shape index (κ1) is 16.5. The lowest BCUT2D eigenvalue weighted by atomic mass is 10.2. The van der Waals surface area contributed by atoms with E-state index in [2.05, 4.69) is 0 Å². The molecule has 0 spiro atoms. The second-order valence-electron chi connectivity index (χ2n) is 4.95. The van der Waals surface area contributed by atoms with Crippen molar-refractivity contribution in [2.24, 2.45) is 0 Å². The molecule has 22 heavy (non-hydrogen) atoms. The molecular formula is C16H16ClNO3S. The fourth-order valence-electron chi connectivity index (χ4n) is 1.97. The Balaban J connectivity index is 2.05. The van der Waals surface area contributed by atoms with Gasteiger partial charge in [0.15, 0.2) is 9.84 Å². The van der Waals surface area contributed by atoms with Crippen molar-refractivity contribution in [3.63, 3.8) is 0 Å². The Kier molecular flexibility index (Phi) is 5.21. The van der Waals surface area contributed by atoms with E-state index in [1.165, 1.54) is 4.90 Å². The number of rotatable bonds is 5. The molecule has 0 saturated carbocycles. The van der Waals surface area contributed by atoms with Crippen LogP contribution in [0.2, 0.25) is 5.02 Å². The highest BCUT2D eigenvalue weighted by atomic mass is 35.5. The third-order valence-electron chi connectivity index (χ3n) is 3.16. The van der Waals surface area contributed by atoms with E-state index in [4.69, 9.17) is 11.6 Å². The zero-order valence-corrected chi connectivity index (χ0v) is 13.6. The zero-order chi connectivity index (χ0) is 16.2. The van der Waals surface area contributed by atoms with E-state index >= 15 is 0 Å². The van der Waals surface area contributed by atoms with Crippen molar-refractivity contribution >= 4 is 33.0 Å². The number of amides is 1. The van der Waals surface area contributed by atoms with Crippen molar-refractivity contribution in [1.29, 1.82) is 0 Å². The topological polar surface area (TPSA) is 54.5 Å². The Morgan fingerprint density at radius 3 is 2.23 bits per heavy atom. The molecule has 0 radical (unpaired) electrons. The van der Waals surface area contributed by atoms with Crippen LogP contribution in [0.3, 0.4) is 0 Å². The minimum atomic E-state index is -3.53. The molecule has 0 aromatic heterocycles. The Morgan fingerprint density at radius 1 is 1.05 bits per heavy atom. The van der Waals surface area contributed by atoms with Crippen LogP contribution in [0.5, 0.6) is 0 Å². The van der Waals surface area contributed by atoms with E-state index in [1.54, 1.807) is 55.6 Å². The van der Waals surface area contributed by atoms with Crippen LogP contribution in [0.4, 0.5) is 5.69 Å². The predicted molar refractivity (Wildman–Crippen MR) is 88.8 cm³/mol. The summed E-state index contributed by atoms with van der Waals surface area (Å²) >= 11 is 5.77. The smallest absolute Gasteiger partial charge is 0.241 e. The molecule has 2 rings (SSSR count). The average Bonchev–Trinajstić information content (AvgIpc) is 2.49. The van der Waals surface area contributed by atoms with Crippen LogP contribution in [-0.4, -0.2) is 27.1 Å². The first-order chi connectivity index (χ1) is 10.4. The summed E-state index contributed by atoms with van der Waals surface area (Å²) in [5, 5.41) is 0.543. The fraction of sp³-hybridized carbons (Fsp3) is 0.188. The first-order valence-corrected chi connectivity index (χ1v) is 8.84. The second-order valence-corrected chi connectivity index (χ2v) is 7.45. The Bertz CT molecular complexity index is 743. The summed E-state index contributed by atoms with van der Waals surface area (Å²) in [5.74, 6) is -1.17. The molecule has 0 aliphatic carbocycles. The third kappa shape index (κ3) is 4.58. The average molecular weight is 338 g/mol. The SMILES string of the molecule is CN(C(=O)CS(=O)(=O)Cc1ccc(Cl)cc1)c1ccccc1. The van der Waals surface area contributed by atoms with Gasteiger partial charge in [-0.05, 0) is 29.8 Å². The van der Waals surface area contributed by atoms with Gasteiger partial charge in [0.1, 0.15) is 5.75 Å². The predicted octanol–water partition coefficient (Wildman–Crippen LogP) is 2.92. The number of para-hydroxylation sites is 1. The largest absolute Gasteiger partial charge is 0.315 e. The normalized spacial score (nSPS) is 11.2. The summed E-state index contributed by atoms with van der Waals surface area (Å²) in [5.41, 5.74) is 1.27. The van der Waals surface area contributed by atoms with Crippen molar-refractivity contribution in [2.45, 2.75) is 5.75 Å². The van der Waals surface area contributed by atoms with Crippen LogP contribution < -0.4 is 4.90 Å². The first-order valence-electron chi connectivity index (χ1n) is 6.64. The number of hydrogen-bond acceptors (Lipinski definition) is 3. The second kappa shape index (κ2) is 6.94. The van der Waals surface area contributed by atoms with Gasteiger partial charge in [-0.25, -0.2) is 8.42 Å². The van der Waals surface area contributed by atoms with Crippen molar-refractivity contribution in [3.05, 3.63) is 65.2 Å². The van der Waals surface area contributed by atoms with Gasteiger partial charge in [0.25, 0.3) is 0 Å². The lowest BCUT2D eigenvalue weighted by Gasteiger charge is -2.17. The number of carbonyl (C=O) groups is 1. The third-order valence-corrected chi connectivity index (χ3v) is 4.87. The van der Waals surface area contributed by atoms with Crippen LogP contribution in [0.1, 0.15) is 5.56 Å². The van der Waals surface area contributed by atoms with E-state index in [9.17, 15) is 13.2 Å². The van der Waals surface area contributed by atoms with Gasteiger partial charge >= 0.3 is 0 Å². The maximum absolute atomic E-state index is 12.2. The molecule has 4 nitrogen and oxygen atoms in total. The molecule has 0 aliphatic heterocycles. The zero-order valence-electron chi connectivity index (χ0n) is 12.1. The van der Waals surface area contributed by atoms with Crippen LogP contribution >= 0.6 is 11.6 Å². The molecule has 0 unspecified atom stereocenters. The monoisotopic (exact) mass is 337 g/mol. The molecule has 0 saturated heterocycles. The molecule has 0 N–H and O–H groups in total. The molecule has 0 fully saturated rings. The molecule has 2 aromatic rings. The highest BCUT2D eigenvalue weighted by Crippen LogP contribution is 2.15. The summed E-state index contributed by atoms with van der Waals surface area (Å²) in [6, 6.07) is 15.5. The minimum absolute atomic E-state index is 0.182. The number of sulfone groups is 1. The van der Waals surface area contributed by atoms with E-state index < -0.39 is 21.5 Å². The van der Waals surface area contributed by atoms with Gasteiger partial charge in [-0.15, -0.1) is 0 Å². The molecule has 0 heterocycles. The lowest BCUT2D eigenvalue weighted by molar-refractivity contribution is -0.115. The number of carbonyl (C=O) groups excluding carboxylic acids is 1. The molecular weight excluding hydrogens is 322 g/mol. The van der Waals surface area contributed by atoms with Crippen molar-refractivity contribution in [1.82, 2.24) is 0 Å². The van der Waals surface area contributed by atoms with E-state index in [0.29, 0.717) is 16.3 Å². The van der Waals surface area contributed by atoms with E-state index in [0.717, 1.165) is 0 Å². The van der Waals surface area contributed by atoms with Crippen LogP contribution in [-0.2, 0) is 20.4 Å². The number of halogens is 1. The standard InChI is InChI=1S/C16H16ClNO3S/c1-18(15-5-3-2-4-6-15)16(19)12-22(20,21)11-13-7-9-14(17)10-8-13/h2-10H,11-12H2,1H3. The number of benzene rings is 2. The van der Waals surface area contributed by atoms with Gasteiger partial charge in [-0.1, -0.05) is 41.9 Å². The summed E-state index contributed by atoms with van der Waals surface area (Å²) < 4.78 is 24.3. The van der Waals surface area contributed by atoms with Crippen molar-refractivity contribution < 1.29 is 13.2 Å². The Morgan fingerprint density at radius 2 is 1.64 bits per heavy atom. The molecule has 0 atom stereocenters. The van der Waals surface area contributed by atoms with Gasteiger partial charge < -0.3 is 4.90 Å². The highest BCUT2D eigenvalue weighted by molar-refractivity contribution is 7.91. The van der Waals surface area contributed by atoms with Crippen molar-refractivity contribution in [2.75, 3.05) is 17.7 Å². The summed E-state index contributed by atoms with van der Waals surface area (Å²) in [4.78, 5) is 13.5. The Labute approximate surface area is 135 Å². The van der Waals surface area contributed by atoms with Crippen LogP contribution in [0, 0.1) is 0 Å². The fourth-order valence-corrected chi connectivity index (χ4v) is 3.46. The Hall–Kier alpha value is -1.85. The van der Waals surface area contributed by atoms with Gasteiger partial charge in [-0.3, -0.25) is 4.79 Å². The summed E-state index contributed by atoms with van der Waals surface area (Å²) in [6.07, 6.45) is 0. The van der Waals surface area contributed by atoms with E-state index in [1.807, 2.05) is 6.07 Å². The maximum atomic E-state index is 12.2. The molecule has 6 heteroatoms. The van der Waals surface area contributed by atoms with Crippen LogP contribution in [0.25, 0.3) is 0 Å². The van der Waals surface area contributed by atoms with E-state index in [-0.39, 0.29) is 5.75 Å². The summed E-state index contributed by atoms with van der Waals surface area (Å²) in [7, 11) is -1.97. The molecule has 1 amide bonds. The quantitative estimate of drug-likeness (QED) is 0.843. The van der Waals surface area contributed by atoms with Gasteiger partial charge in [0.2, 0.25) is 5.91 Å². The number of anilines is 1. The lowest BCUT2D eigenvalue weighted by Crippen LogP contribution is -2.32.